The third-order valence-electron chi connectivity index (χ3n) is 2.39. The highest BCUT2D eigenvalue weighted by Gasteiger charge is 2.18. The molecule has 0 fully saturated rings. The van der Waals surface area contributed by atoms with Crippen molar-refractivity contribution < 1.29 is 9.53 Å². The van der Waals surface area contributed by atoms with Crippen molar-refractivity contribution in [2.24, 2.45) is 5.73 Å². The SMILES string of the molecule is COc1c(C(N)=O)nnn1Cc1ccccc1Cl. The smallest absolute Gasteiger partial charge is 0.274 e. The molecule has 1 aromatic carbocycles. The van der Waals surface area contributed by atoms with Crippen molar-refractivity contribution in [1.82, 2.24) is 15.0 Å². The van der Waals surface area contributed by atoms with Gasteiger partial charge in [-0.3, -0.25) is 4.79 Å². The number of amides is 1. The van der Waals surface area contributed by atoms with Crippen LogP contribution in [0.15, 0.2) is 24.3 Å². The highest BCUT2D eigenvalue weighted by Crippen LogP contribution is 2.20. The van der Waals surface area contributed by atoms with Gasteiger partial charge in [0.15, 0.2) is 0 Å². The van der Waals surface area contributed by atoms with E-state index in [4.69, 9.17) is 22.1 Å². The van der Waals surface area contributed by atoms with Crippen molar-refractivity contribution >= 4 is 17.5 Å². The van der Waals surface area contributed by atoms with Crippen LogP contribution in [0, 0.1) is 0 Å². The summed E-state index contributed by atoms with van der Waals surface area (Å²) in [6.45, 7) is 0.350. The van der Waals surface area contributed by atoms with Gasteiger partial charge in [0.2, 0.25) is 11.6 Å². The van der Waals surface area contributed by atoms with Gasteiger partial charge in [0, 0.05) is 5.02 Å². The maximum absolute atomic E-state index is 11.1. The molecule has 7 heteroatoms. The van der Waals surface area contributed by atoms with Gasteiger partial charge in [-0.1, -0.05) is 35.0 Å². The number of rotatable bonds is 4. The summed E-state index contributed by atoms with van der Waals surface area (Å²) in [6, 6.07) is 7.32. The van der Waals surface area contributed by atoms with Crippen LogP contribution in [0.3, 0.4) is 0 Å². The maximum atomic E-state index is 11.1. The summed E-state index contributed by atoms with van der Waals surface area (Å²) in [5, 5.41) is 8.12. The largest absolute Gasteiger partial charge is 0.479 e. The Balaban J connectivity index is 2.35. The lowest BCUT2D eigenvalue weighted by atomic mass is 10.2. The van der Waals surface area contributed by atoms with Crippen molar-refractivity contribution in [1.29, 1.82) is 0 Å². The van der Waals surface area contributed by atoms with Crippen LogP contribution in [0.2, 0.25) is 5.02 Å². The molecule has 2 aromatic rings. The van der Waals surface area contributed by atoms with E-state index in [1.165, 1.54) is 11.8 Å². The van der Waals surface area contributed by atoms with Crippen molar-refractivity contribution in [2.45, 2.75) is 6.54 Å². The van der Waals surface area contributed by atoms with Crippen LogP contribution in [-0.4, -0.2) is 28.0 Å². The van der Waals surface area contributed by atoms with Crippen molar-refractivity contribution in [3.8, 4) is 5.88 Å². The number of hydrogen-bond donors (Lipinski definition) is 1. The molecule has 94 valence electrons. The Bertz CT molecular complexity index is 582. The van der Waals surface area contributed by atoms with Crippen molar-refractivity contribution in [3.05, 3.63) is 40.5 Å². The van der Waals surface area contributed by atoms with E-state index in [1.54, 1.807) is 6.07 Å². The first-order chi connectivity index (χ1) is 8.63. The lowest BCUT2D eigenvalue weighted by Gasteiger charge is -2.07. The highest BCUT2D eigenvalue weighted by atomic mass is 35.5. The topological polar surface area (TPSA) is 83.0 Å². The Kier molecular flexibility index (Phi) is 3.47. The molecule has 6 nitrogen and oxygen atoms in total. The molecular formula is C11H11ClN4O2. The van der Waals surface area contributed by atoms with E-state index in [1.807, 2.05) is 18.2 Å². The van der Waals surface area contributed by atoms with E-state index in [0.717, 1.165) is 5.56 Å². The summed E-state index contributed by atoms with van der Waals surface area (Å²) < 4.78 is 6.52. The Morgan fingerprint density at radius 2 is 2.22 bits per heavy atom. The lowest BCUT2D eigenvalue weighted by molar-refractivity contribution is 0.0992. The minimum Gasteiger partial charge on any atom is -0.479 e. The molecule has 0 saturated carbocycles. The van der Waals surface area contributed by atoms with Gasteiger partial charge in [0.05, 0.1) is 13.7 Å². The van der Waals surface area contributed by atoms with Crippen molar-refractivity contribution in [2.75, 3.05) is 7.11 Å². The lowest BCUT2D eigenvalue weighted by Crippen LogP contribution is -2.13. The first-order valence-electron chi connectivity index (χ1n) is 5.14. The Hall–Kier alpha value is -2.08. The molecule has 0 aliphatic heterocycles. The Morgan fingerprint density at radius 1 is 1.50 bits per heavy atom. The van der Waals surface area contributed by atoms with E-state index >= 15 is 0 Å². The zero-order valence-electron chi connectivity index (χ0n) is 9.63. The second-order valence-electron chi connectivity index (χ2n) is 3.56. The maximum Gasteiger partial charge on any atom is 0.274 e. The van der Waals surface area contributed by atoms with Crippen LogP contribution >= 0.6 is 11.6 Å². The van der Waals surface area contributed by atoms with Crippen LogP contribution < -0.4 is 10.5 Å². The third-order valence-corrected chi connectivity index (χ3v) is 2.76. The number of aromatic nitrogens is 3. The average molecular weight is 267 g/mol. The van der Waals surface area contributed by atoms with E-state index in [0.29, 0.717) is 11.6 Å². The summed E-state index contributed by atoms with van der Waals surface area (Å²) in [6.07, 6.45) is 0. The molecular weight excluding hydrogens is 256 g/mol. The monoisotopic (exact) mass is 266 g/mol. The molecule has 1 amide bonds. The summed E-state index contributed by atoms with van der Waals surface area (Å²) in [4.78, 5) is 11.1. The van der Waals surface area contributed by atoms with Crippen LogP contribution in [0.25, 0.3) is 0 Å². The number of ether oxygens (including phenoxy) is 1. The molecule has 2 rings (SSSR count). The fourth-order valence-corrected chi connectivity index (χ4v) is 1.75. The predicted molar refractivity (Wildman–Crippen MR) is 65.6 cm³/mol. The highest BCUT2D eigenvalue weighted by molar-refractivity contribution is 6.31. The zero-order valence-corrected chi connectivity index (χ0v) is 10.4. The molecule has 0 spiro atoms. The molecule has 2 N–H and O–H groups in total. The molecule has 0 radical (unpaired) electrons. The van der Waals surface area contributed by atoms with Crippen LogP contribution in [0.5, 0.6) is 5.88 Å². The molecule has 0 unspecified atom stereocenters. The number of primary amides is 1. The number of methoxy groups -OCH3 is 1. The summed E-state index contributed by atoms with van der Waals surface area (Å²) in [5.74, 6) is -0.459. The van der Waals surface area contributed by atoms with Crippen LogP contribution in [0.4, 0.5) is 0 Å². The Morgan fingerprint density at radius 3 is 2.83 bits per heavy atom. The number of hydrogen-bond acceptors (Lipinski definition) is 4. The first-order valence-corrected chi connectivity index (χ1v) is 5.52. The molecule has 0 bridgehead atoms. The number of carbonyl (C=O) groups is 1. The second-order valence-corrected chi connectivity index (χ2v) is 3.97. The molecule has 1 aromatic heterocycles. The number of carbonyl (C=O) groups excluding carboxylic acids is 1. The molecule has 0 atom stereocenters. The molecule has 0 aliphatic rings. The number of benzene rings is 1. The fraction of sp³-hybridized carbons (Fsp3) is 0.182. The minimum absolute atomic E-state index is 0.00422. The van der Waals surface area contributed by atoms with Gasteiger partial charge in [0.1, 0.15) is 0 Å². The first kappa shape index (κ1) is 12.4. The van der Waals surface area contributed by atoms with Crippen molar-refractivity contribution in [3.63, 3.8) is 0 Å². The summed E-state index contributed by atoms with van der Waals surface area (Å²) in [7, 11) is 1.42. The van der Waals surface area contributed by atoms with Gasteiger partial charge in [-0.05, 0) is 11.6 Å². The number of halogens is 1. The van der Waals surface area contributed by atoms with Gasteiger partial charge in [0.25, 0.3) is 5.91 Å². The van der Waals surface area contributed by atoms with E-state index < -0.39 is 5.91 Å². The van der Waals surface area contributed by atoms with Crippen LogP contribution in [0.1, 0.15) is 16.1 Å². The summed E-state index contributed by atoms with van der Waals surface area (Å²) >= 11 is 6.05. The second kappa shape index (κ2) is 5.05. The van der Waals surface area contributed by atoms with Gasteiger partial charge in [-0.15, -0.1) is 5.10 Å². The number of nitrogens with two attached hydrogens (primary N) is 1. The average Bonchev–Trinajstić information content (AvgIpc) is 2.75. The summed E-state index contributed by atoms with van der Waals surface area (Å²) in [5.41, 5.74) is 6.02. The zero-order chi connectivity index (χ0) is 13.1. The molecule has 18 heavy (non-hydrogen) atoms. The van der Waals surface area contributed by atoms with Gasteiger partial charge < -0.3 is 10.5 Å². The quantitative estimate of drug-likeness (QED) is 0.898. The molecule has 0 saturated heterocycles. The van der Waals surface area contributed by atoms with E-state index in [2.05, 4.69) is 10.3 Å². The number of nitrogens with zero attached hydrogens (tertiary/aromatic N) is 3. The van der Waals surface area contributed by atoms with Gasteiger partial charge in [-0.2, -0.15) is 0 Å². The molecule has 1 heterocycles. The normalized spacial score (nSPS) is 10.3. The van der Waals surface area contributed by atoms with Gasteiger partial charge in [-0.25, -0.2) is 4.68 Å². The Labute approximate surface area is 108 Å². The molecule has 0 aliphatic carbocycles. The fourth-order valence-electron chi connectivity index (χ4n) is 1.55. The minimum atomic E-state index is -0.683. The van der Waals surface area contributed by atoms with E-state index in [-0.39, 0.29) is 11.6 Å². The predicted octanol–water partition coefficient (Wildman–Crippen LogP) is 1.09. The van der Waals surface area contributed by atoms with Gasteiger partial charge >= 0.3 is 0 Å². The standard InChI is InChI=1S/C11H11ClN4O2/c1-18-11-9(10(13)17)14-15-16(11)6-7-4-2-3-5-8(7)12/h2-5H,6H2,1H3,(H2,13,17). The van der Waals surface area contributed by atoms with Crippen LogP contribution in [-0.2, 0) is 6.54 Å². The van der Waals surface area contributed by atoms with E-state index in [9.17, 15) is 4.79 Å². The third kappa shape index (κ3) is 2.28.